The average molecular weight is 221 g/mol. The number of benzene rings is 1. The Bertz CT molecular complexity index is 403. The van der Waals surface area contributed by atoms with E-state index < -0.39 is 12.2 Å². The second-order valence-electron chi connectivity index (χ2n) is 4.13. The molecule has 4 heteroatoms. The predicted octanol–water partition coefficient (Wildman–Crippen LogP) is 0.837. The first kappa shape index (κ1) is 11.1. The summed E-state index contributed by atoms with van der Waals surface area (Å²) in [5.74, 6) is -0.0738. The highest BCUT2D eigenvalue weighted by atomic mass is 16.3. The van der Waals surface area contributed by atoms with Crippen LogP contribution in [0.1, 0.15) is 25.0 Å². The Morgan fingerprint density at radius 2 is 2.25 bits per heavy atom. The molecule has 0 bridgehead atoms. The Balaban J connectivity index is 2.27. The van der Waals surface area contributed by atoms with Gasteiger partial charge in [-0.1, -0.05) is 12.1 Å². The van der Waals surface area contributed by atoms with Crippen molar-refractivity contribution < 1.29 is 15.0 Å². The fourth-order valence-electron chi connectivity index (χ4n) is 1.89. The van der Waals surface area contributed by atoms with E-state index in [0.717, 1.165) is 11.3 Å². The van der Waals surface area contributed by atoms with Crippen molar-refractivity contribution in [2.75, 3.05) is 11.4 Å². The summed E-state index contributed by atoms with van der Waals surface area (Å²) in [4.78, 5) is 13.1. The van der Waals surface area contributed by atoms with Gasteiger partial charge in [0.1, 0.15) is 0 Å². The van der Waals surface area contributed by atoms with Crippen molar-refractivity contribution in [3.63, 3.8) is 0 Å². The molecule has 1 fully saturated rings. The predicted molar refractivity (Wildman–Crippen MR) is 60.1 cm³/mol. The van der Waals surface area contributed by atoms with Gasteiger partial charge in [-0.25, -0.2) is 0 Å². The van der Waals surface area contributed by atoms with Crippen LogP contribution in [0.3, 0.4) is 0 Å². The van der Waals surface area contributed by atoms with Crippen LogP contribution in [0, 0.1) is 0 Å². The van der Waals surface area contributed by atoms with Crippen LogP contribution in [-0.4, -0.2) is 28.8 Å². The number of nitrogens with zero attached hydrogens (tertiary/aromatic N) is 1. The molecular formula is C12H15NO3. The minimum absolute atomic E-state index is 0.0738. The van der Waals surface area contributed by atoms with Gasteiger partial charge in [-0.2, -0.15) is 0 Å². The van der Waals surface area contributed by atoms with E-state index in [1.54, 1.807) is 24.0 Å². The van der Waals surface area contributed by atoms with Crippen molar-refractivity contribution in [3.05, 3.63) is 29.8 Å². The Hall–Kier alpha value is -1.39. The van der Waals surface area contributed by atoms with Crippen molar-refractivity contribution in [2.24, 2.45) is 0 Å². The number of aliphatic hydroxyl groups excluding tert-OH is 2. The van der Waals surface area contributed by atoms with Gasteiger partial charge in [0.15, 0.2) is 0 Å². The molecule has 1 aliphatic heterocycles. The van der Waals surface area contributed by atoms with Crippen LogP contribution in [-0.2, 0) is 4.79 Å². The zero-order valence-electron chi connectivity index (χ0n) is 9.13. The van der Waals surface area contributed by atoms with E-state index in [-0.39, 0.29) is 12.3 Å². The summed E-state index contributed by atoms with van der Waals surface area (Å²) in [5.41, 5.74) is 1.51. The topological polar surface area (TPSA) is 60.8 Å². The second-order valence-corrected chi connectivity index (χ2v) is 4.13. The number of hydrogen-bond donors (Lipinski definition) is 2. The van der Waals surface area contributed by atoms with Crippen LogP contribution in [0.4, 0.5) is 5.69 Å². The molecule has 0 radical (unpaired) electrons. The van der Waals surface area contributed by atoms with Crippen LogP contribution in [0.5, 0.6) is 0 Å². The Kier molecular flexibility index (Phi) is 2.94. The third-order valence-electron chi connectivity index (χ3n) is 2.77. The van der Waals surface area contributed by atoms with E-state index in [1.807, 2.05) is 12.1 Å². The molecule has 0 saturated carbocycles. The van der Waals surface area contributed by atoms with Crippen LogP contribution in [0.25, 0.3) is 0 Å². The van der Waals surface area contributed by atoms with E-state index in [4.69, 9.17) is 0 Å². The maximum Gasteiger partial charge on any atom is 0.229 e. The zero-order chi connectivity index (χ0) is 11.7. The summed E-state index contributed by atoms with van der Waals surface area (Å²) in [6.07, 6.45) is -0.955. The lowest BCUT2D eigenvalue weighted by atomic mass is 10.1. The monoisotopic (exact) mass is 221 g/mol. The van der Waals surface area contributed by atoms with Gasteiger partial charge in [0, 0.05) is 5.69 Å². The summed E-state index contributed by atoms with van der Waals surface area (Å²) in [6.45, 7) is 2.02. The average Bonchev–Trinajstić information content (AvgIpc) is 2.58. The molecule has 2 N–H and O–H groups in total. The minimum Gasteiger partial charge on any atom is -0.391 e. The van der Waals surface area contributed by atoms with Gasteiger partial charge >= 0.3 is 0 Å². The minimum atomic E-state index is -0.581. The van der Waals surface area contributed by atoms with Crippen molar-refractivity contribution in [2.45, 2.75) is 25.6 Å². The van der Waals surface area contributed by atoms with Crippen LogP contribution in [0.15, 0.2) is 24.3 Å². The third kappa shape index (κ3) is 2.08. The van der Waals surface area contributed by atoms with Gasteiger partial charge in [-0.3, -0.25) is 4.79 Å². The third-order valence-corrected chi connectivity index (χ3v) is 2.77. The van der Waals surface area contributed by atoms with Crippen LogP contribution in [0.2, 0.25) is 0 Å². The summed E-state index contributed by atoms with van der Waals surface area (Å²) < 4.78 is 0. The molecule has 2 atom stereocenters. The van der Waals surface area contributed by atoms with Gasteiger partial charge in [-0.05, 0) is 24.6 Å². The summed E-state index contributed by atoms with van der Waals surface area (Å²) in [5, 5.41) is 18.9. The molecule has 1 aromatic carbocycles. The Morgan fingerprint density at radius 3 is 2.81 bits per heavy atom. The largest absolute Gasteiger partial charge is 0.391 e. The van der Waals surface area contributed by atoms with Gasteiger partial charge in [-0.15, -0.1) is 0 Å². The van der Waals surface area contributed by atoms with E-state index >= 15 is 0 Å². The molecule has 0 spiro atoms. The zero-order valence-corrected chi connectivity index (χ0v) is 9.13. The molecule has 0 aromatic heterocycles. The number of carbonyl (C=O) groups excluding carboxylic acids is 1. The number of carbonyl (C=O) groups is 1. The van der Waals surface area contributed by atoms with Crippen LogP contribution >= 0.6 is 0 Å². The molecule has 1 aromatic rings. The lowest BCUT2D eigenvalue weighted by molar-refractivity contribution is -0.117. The summed E-state index contributed by atoms with van der Waals surface area (Å²) in [6, 6.07) is 7.20. The van der Waals surface area contributed by atoms with E-state index in [0.29, 0.717) is 6.54 Å². The first-order chi connectivity index (χ1) is 7.58. The number of hydrogen-bond acceptors (Lipinski definition) is 3. The molecule has 2 unspecified atom stereocenters. The number of aliphatic hydroxyl groups is 2. The highest BCUT2D eigenvalue weighted by Crippen LogP contribution is 2.24. The van der Waals surface area contributed by atoms with Gasteiger partial charge < -0.3 is 15.1 Å². The smallest absolute Gasteiger partial charge is 0.229 e. The standard InChI is InChI=1S/C12H15NO3/c1-8(14)9-3-2-4-10(5-9)13-7-11(15)6-12(13)16/h2-5,8,11,14-15H,6-7H2,1H3. The highest BCUT2D eigenvalue weighted by Gasteiger charge is 2.29. The molecule has 1 amide bonds. The van der Waals surface area contributed by atoms with E-state index in [1.165, 1.54) is 0 Å². The summed E-state index contributed by atoms with van der Waals surface area (Å²) >= 11 is 0. The number of rotatable bonds is 2. The first-order valence-corrected chi connectivity index (χ1v) is 5.34. The second kappa shape index (κ2) is 4.23. The fourth-order valence-corrected chi connectivity index (χ4v) is 1.89. The van der Waals surface area contributed by atoms with Crippen LogP contribution < -0.4 is 4.90 Å². The van der Waals surface area contributed by atoms with Crippen molar-refractivity contribution >= 4 is 11.6 Å². The molecule has 2 rings (SSSR count). The van der Waals surface area contributed by atoms with Gasteiger partial charge in [0.05, 0.1) is 25.2 Å². The molecule has 16 heavy (non-hydrogen) atoms. The molecule has 4 nitrogen and oxygen atoms in total. The number of amides is 1. The van der Waals surface area contributed by atoms with Crippen molar-refractivity contribution in [1.82, 2.24) is 0 Å². The van der Waals surface area contributed by atoms with Crippen molar-refractivity contribution in [3.8, 4) is 0 Å². The molecule has 1 aliphatic rings. The number of β-amino-alcohol motifs (C(OH)–C–C–N with tert-alkyl or cyclic N) is 1. The first-order valence-electron chi connectivity index (χ1n) is 5.34. The van der Waals surface area contributed by atoms with Gasteiger partial charge in [0.25, 0.3) is 0 Å². The van der Waals surface area contributed by atoms with Gasteiger partial charge in [0.2, 0.25) is 5.91 Å². The molecule has 86 valence electrons. The Labute approximate surface area is 94.1 Å². The van der Waals surface area contributed by atoms with E-state index in [2.05, 4.69) is 0 Å². The number of anilines is 1. The molecule has 1 heterocycles. The maximum atomic E-state index is 11.6. The molecule has 0 aliphatic carbocycles. The van der Waals surface area contributed by atoms with E-state index in [9.17, 15) is 15.0 Å². The van der Waals surface area contributed by atoms with Crippen molar-refractivity contribution in [1.29, 1.82) is 0 Å². The summed E-state index contributed by atoms with van der Waals surface area (Å²) in [7, 11) is 0. The maximum absolute atomic E-state index is 11.6. The quantitative estimate of drug-likeness (QED) is 0.778. The SMILES string of the molecule is CC(O)c1cccc(N2CC(O)CC2=O)c1. The molecular weight excluding hydrogens is 206 g/mol. The lowest BCUT2D eigenvalue weighted by Gasteiger charge is -2.17. The highest BCUT2D eigenvalue weighted by molar-refractivity contribution is 5.96. The lowest BCUT2D eigenvalue weighted by Crippen LogP contribution is -2.25. The normalized spacial score (nSPS) is 22.6. The Morgan fingerprint density at radius 1 is 1.50 bits per heavy atom. The fraction of sp³-hybridized carbons (Fsp3) is 0.417. The molecule has 1 saturated heterocycles.